The number of halogens is 1. The third kappa shape index (κ3) is 4.43. The lowest BCUT2D eigenvalue weighted by atomic mass is 10.1. The molecule has 1 fully saturated rings. The van der Waals surface area contributed by atoms with Gasteiger partial charge in [0.1, 0.15) is 11.2 Å². The molecular weight excluding hydrogens is 345 g/mol. The number of hydrogen-bond donors (Lipinski definition) is 3. The highest BCUT2D eigenvalue weighted by Gasteiger charge is 2.19. The van der Waals surface area contributed by atoms with Gasteiger partial charge in [0.25, 0.3) is 5.56 Å². The van der Waals surface area contributed by atoms with E-state index < -0.39 is 5.82 Å². The van der Waals surface area contributed by atoms with Gasteiger partial charge in [0.2, 0.25) is 0 Å². The summed E-state index contributed by atoms with van der Waals surface area (Å²) in [6.07, 6.45) is 6.37. The van der Waals surface area contributed by atoms with E-state index in [4.69, 9.17) is 11.5 Å². The number of allylic oxidation sites excluding steroid dienone is 4. The normalized spacial score (nSPS) is 18.0. The van der Waals surface area contributed by atoms with Crippen LogP contribution in [0.5, 0.6) is 0 Å². The van der Waals surface area contributed by atoms with Crippen molar-refractivity contribution in [3.05, 3.63) is 74.8 Å². The van der Waals surface area contributed by atoms with Gasteiger partial charge in [-0.3, -0.25) is 9.69 Å². The second kappa shape index (κ2) is 7.75. The summed E-state index contributed by atoms with van der Waals surface area (Å²) in [4.78, 5) is 20.6. The largest absolute Gasteiger partial charge is 0.402 e. The highest BCUT2D eigenvalue weighted by molar-refractivity contribution is 5.75. The second-order valence-electron chi connectivity index (χ2n) is 6.92. The Morgan fingerprint density at radius 3 is 2.89 bits per heavy atom. The minimum Gasteiger partial charge on any atom is -0.402 e. The van der Waals surface area contributed by atoms with Crippen molar-refractivity contribution in [2.24, 2.45) is 11.5 Å². The smallest absolute Gasteiger partial charge is 0.269 e. The lowest BCUT2D eigenvalue weighted by Crippen LogP contribution is -2.20. The number of nitrogens with two attached hydrogens (primary N) is 2. The van der Waals surface area contributed by atoms with E-state index in [0.29, 0.717) is 34.7 Å². The van der Waals surface area contributed by atoms with Crippen molar-refractivity contribution in [1.82, 2.24) is 14.9 Å². The van der Waals surface area contributed by atoms with E-state index in [9.17, 15) is 9.18 Å². The molecule has 0 saturated carbocycles. The molecule has 6 nitrogen and oxygen atoms in total. The van der Waals surface area contributed by atoms with Crippen molar-refractivity contribution in [1.29, 1.82) is 0 Å². The number of hydrogen-bond acceptors (Lipinski definition) is 5. The lowest BCUT2D eigenvalue weighted by molar-refractivity contribution is 0.331. The van der Waals surface area contributed by atoms with E-state index in [1.807, 2.05) is 6.08 Å². The van der Waals surface area contributed by atoms with Crippen LogP contribution in [0.1, 0.15) is 24.6 Å². The van der Waals surface area contributed by atoms with Crippen LogP contribution < -0.4 is 17.0 Å². The van der Waals surface area contributed by atoms with E-state index in [1.54, 1.807) is 38.1 Å². The molecule has 1 saturated heterocycles. The van der Waals surface area contributed by atoms with Gasteiger partial charge in [0.05, 0.1) is 5.52 Å². The third-order valence-electron chi connectivity index (χ3n) is 4.53. The van der Waals surface area contributed by atoms with E-state index >= 15 is 0 Å². The number of aromatic amines is 1. The summed E-state index contributed by atoms with van der Waals surface area (Å²) >= 11 is 0. The van der Waals surface area contributed by atoms with Crippen LogP contribution in [0.4, 0.5) is 4.39 Å². The SMILES string of the molecule is C/C(N)=C/C=C(N)/C=C1\CCN(Cc2ccc3nc(C)c(=O)[nH]c3c2F)C1. The van der Waals surface area contributed by atoms with Gasteiger partial charge in [-0.15, -0.1) is 0 Å². The molecule has 3 rings (SSSR count). The van der Waals surface area contributed by atoms with Gasteiger partial charge in [0.15, 0.2) is 5.82 Å². The first-order valence-corrected chi connectivity index (χ1v) is 8.83. The predicted octanol–water partition coefficient (Wildman–Crippen LogP) is 2.21. The maximum atomic E-state index is 14.8. The average Bonchev–Trinajstić information content (AvgIpc) is 3.04. The van der Waals surface area contributed by atoms with Crippen molar-refractivity contribution in [3.63, 3.8) is 0 Å². The van der Waals surface area contributed by atoms with Gasteiger partial charge in [-0.1, -0.05) is 11.6 Å². The summed E-state index contributed by atoms with van der Waals surface area (Å²) in [6.45, 7) is 5.41. The van der Waals surface area contributed by atoms with Gasteiger partial charge in [0, 0.05) is 36.6 Å². The van der Waals surface area contributed by atoms with Gasteiger partial charge in [-0.25, -0.2) is 9.37 Å². The van der Waals surface area contributed by atoms with E-state index in [2.05, 4.69) is 14.9 Å². The molecule has 0 unspecified atom stereocenters. The fourth-order valence-corrected chi connectivity index (χ4v) is 3.13. The first-order chi connectivity index (χ1) is 12.8. The van der Waals surface area contributed by atoms with Crippen molar-refractivity contribution in [2.75, 3.05) is 13.1 Å². The lowest BCUT2D eigenvalue weighted by Gasteiger charge is -2.15. The molecule has 1 aromatic heterocycles. The average molecular weight is 369 g/mol. The summed E-state index contributed by atoms with van der Waals surface area (Å²) in [6, 6.07) is 3.47. The number of likely N-dealkylation sites (tertiary alicyclic amines) is 1. The first kappa shape index (κ1) is 18.8. The highest BCUT2D eigenvalue weighted by atomic mass is 19.1. The van der Waals surface area contributed by atoms with Crippen molar-refractivity contribution in [3.8, 4) is 0 Å². The van der Waals surface area contributed by atoms with Crippen LogP contribution in [-0.4, -0.2) is 28.0 Å². The van der Waals surface area contributed by atoms with Gasteiger partial charge < -0.3 is 16.5 Å². The zero-order valence-electron chi connectivity index (χ0n) is 15.6. The Labute approximate surface area is 157 Å². The summed E-state index contributed by atoms with van der Waals surface area (Å²) in [5, 5.41) is 0. The fourth-order valence-electron chi connectivity index (χ4n) is 3.13. The monoisotopic (exact) mass is 369 g/mol. The molecule has 1 aliphatic heterocycles. The Morgan fingerprint density at radius 2 is 2.15 bits per heavy atom. The Balaban J connectivity index is 1.76. The minimum absolute atomic E-state index is 0.161. The number of nitrogens with one attached hydrogen (secondary N) is 1. The number of benzene rings is 1. The molecule has 0 aliphatic carbocycles. The topological polar surface area (TPSA) is 101 Å². The maximum Gasteiger partial charge on any atom is 0.269 e. The number of rotatable bonds is 4. The van der Waals surface area contributed by atoms with Crippen molar-refractivity contribution < 1.29 is 4.39 Å². The van der Waals surface area contributed by atoms with Crippen LogP contribution in [0.25, 0.3) is 11.0 Å². The van der Waals surface area contributed by atoms with E-state index in [0.717, 1.165) is 19.5 Å². The highest BCUT2D eigenvalue weighted by Crippen LogP contribution is 2.22. The number of H-pyrrole nitrogens is 1. The van der Waals surface area contributed by atoms with Gasteiger partial charge in [-0.05, 0) is 44.6 Å². The van der Waals surface area contributed by atoms with Crippen LogP contribution in [0.15, 0.2) is 52.1 Å². The van der Waals surface area contributed by atoms with Crippen molar-refractivity contribution in [2.45, 2.75) is 26.8 Å². The molecule has 0 bridgehead atoms. The standard InChI is InChI=1S/C20H24FN5O/c1-12(22)3-5-16(23)9-14-7-8-26(10-14)11-15-4-6-17-19(18(15)21)25-20(27)13(2)24-17/h3-6,9H,7-8,10-11,22-23H2,1-2H3,(H,25,27)/b12-3-,14-9+,16-5-. The molecular formula is C20H24FN5O. The fraction of sp³-hybridized carbons (Fsp3) is 0.300. The van der Waals surface area contributed by atoms with Crippen LogP contribution in [0.3, 0.4) is 0 Å². The molecule has 0 amide bonds. The van der Waals surface area contributed by atoms with Crippen LogP contribution >= 0.6 is 0 Å². The Bertz CT molecular complexity index is 1010. The molecule has 7 heteroatoms. The third-order valence-corrected chi connectivity index (χ3v) is 4.53. The molecule has 2 heterocycles. The number of aryl methyl sites for hydroxylation is 1. The molecule has 2 aromatic rings. The quantitative estimate of drug-likeness (QED) is 0.718. The molecule has 0 atom stereocenters. The Morgan fingerprint density at radius 1 is 1.37 bits per heavy atom. The summed E-state index contributed by atoms with van der Waals surface area (Å²) in [7, 11) is 0. The number of fused-ring (bicyclic) bond motifs is 1. The summed E-state index contributed by atoms with van der Waals surface area (Å²) in [5.41, 5.74) is 15.2. The molecule has 0 spiro atoms. The predicted molar refractivity (Wildman–Crippen MR) is 105 cm³/mol. The van der Waals surface area contributed by atoms with Gasteiger partial charge >= 0.3 is 0 Å². The molecule has 27 heavy (non-hydrogen) atoms. The first-order valence-electron chi connectivity index (χ1n) is 8.83. The van der Waals surface area contributed by atoms with Crippen LogP contribution in [0, 0.1) is 12.7 Å². The zero-order valence-corrected chi connectivity index (χ0v) is 15.6. The van der Waals surface area contributed by atoms with Crippen LogP contribution in [-0.2, 0) is 6.54 Å². The van der Waals surface area contributed by atoms with E-state index in [1.165, 1.54) is 5.57 Å². The number of aromatic nitrogens is 2. The number of nitrogens with zero attached hydrogens (tertiary/aromatic N) is 2. The molecule has 1 aliphatic rings. The second-order valence-corrected chi connectivity index (χ2v) is 6.92. The zero-order chi connectivity index (χ0) is 19.6. The molecule has 0 radical (unpaired) electrons. The Kier molecular flexibility index (Phi) is 5.41. The van der Waals surface area contributed by atoms with Gasteiger partial charge in [-0.2, -0.15) is 0 Å². The molecule has 1 aromatic carbocycles. The molecule has 142 valence electrons. The van der Waals surface area contributed by atoms with Crippen molar-refractivity contribution >= 4 is 11.0 Å². The summed E-state index contributed by atoms with van der Waals surface area (Å²) < 4.78 is 14.8. The Hall–Kier alpha value is -2.93. The summed E-state index contributed by atoms with van der Waals surface area (Å²) in [5.74, 6) is -0.419. The van der Waals surface area contributed by atoms with Crippen LogP contribution in [0.2, 0.25) is 0 Å². The van der Waals surface area contributed by atoms with E-state index in [-0.39, 0.29) is 11.1 Å². The minimum atomic E-state index is -0.419. The molecule has 5 N–H and O–H groups in total. The maximum absolute atomic E-state index is 14.8.